The zero-order valence-electron chi connectivity index (χ0n) is 15.6. The summed E-state index contributed by atoms with van der Waals surface area (Å²) in [7, 11) is 0. The maximum absolute atomic E-state index is 11.9. The van der Waals surface area contributed by atoms with Gasteiger partial charge in [0.25, 0.3) is 11.2 Å². The maximum Gasteiger partial charge on any atom is 0.293 e. The molecule has 0 aliphatic carbocycles. The Kier molecular flexibility index (Phi) is 4.94. The molecule has 0 radical (unpaired) electrons. The smallest absolute Gasteiger partial charge is 0.293 e. The number of aromatic nitrogens is 2. The van der Waals surface area contributed by atoms with E-state index in [2.05, 4.69) is 15.3 Å². The predicted octanol–water partition coefficient (Wildman–Crippen LogP) is 2.57. The number of carbonyl (C=O) groups is 1. The summed E-state index contributed by atoms with van der Waals surface area (Å²) in [6, 6.07) is 10.5. The van der Waals surface area contributed by atoms with Crippen molar-refractivity contribution in [1.82, 2.24) is 14.9 Å². The number of nitrogens with zero attached hydrogens (tertiary/aromatic N) is 3. The average molecular weight is 393 g/mol. The van der Waals surface area contributed by atoms with Crippen LogP contribution in [0.4, 0.5) is 11.4 Å². The first-order valence-corrected chi connectivity index (χ1v) is 9.26. The Hall–Kier alpha value is -3.75. The van der Waals surface area contributed by atoms with Crippen molar-refractivity contribution in [3.63, 3.8) is 0 Å². The lowest BCUT2D eigenvalue weighted by atomic mass is 10.1. The van der Waals surface area contributed by atoms with E-state index >= 15 is 0 Å². The van der Waals surface area contributed by atoms with Gasteiger partial charge in [0, 0.05) is 32.1 Å². The number of amides is 1. The molecular weight excluding hydrogens is 374 g/mol. The Morgan fingerprint density at radius 3 is 2.79 bits per heavy atom. The van der Waals surface area contributed by atoms with Crippen LogP contribution in [0.5, 0.6) is 0 Å². The normalized spacial score (nSPS) is 13.8. The van der Waals surface area contributed by atoms with Gasteiger partial charge in [-0.1, -0.05) is 24.3 Å². The van der Waals surface area contributed by atoms with Gasteiger partial charge in [-0.25, -0.2) is 4.98 Å². The molecule has 2 heterocycles. The molecule has 0 saturated carbocycles. The molecule has 2 aromatic carbocycles. The molecule has 1 saturated heterocycles. The molecule has 1 aromatic heterocycles. The SMILES string of the molecule is O=C1CCCN1Cc1cccc(CNc2cc3nc[nH]c(=O)c3cc2[N+](=O)[O-])c1. The van der Waals surface area contributed by atoms with E-state index in [1.165, 1.54) is 18.5 Å². The number of benzene rings is 2. The Bertz CT molecular complexity index is 1160. The van der Waals surface area contributed by atoms with Crippen LogP contribution in [0.3, 0.4) is 0 Å². The molecule has 0 spiro atoms. The van der Waals surface area contributed by atoms with Crippen LogP contribution in [-0.4, -0.2) is 32.2 Å². The number of likely N-dealkylation sites (tertiary alicyclic amines) is 1. The van der Waals surface area contributed by atoms with E-state index in [0.29, 0.717) is 30.7 Å². The fraction of sp³-hybridized carbons (Fsp3) is 0.250. The zero-order valence-corrected chi connectivity index (χ0v) is 15.6. The van der Waals surface area contributed by atoms with Gasteiger partial charge in [-0.2, -0.15) is 0 Å². The molecule has 2 N–H and O–H groups in total. The highest BCUT2D eigenvalue weighted by Crippen LogP contribution is 2.28. The van der Waals surface area contributed by atoms with Gasteiger partial charge in [0.2, 0.25) is 5.91 Å². The molecule has 3 aromatic rings. The molecule has 0 atom stereocenters. The second-order valence-corrected chi connectivity index (χ2v) is 6.97. The third-order valence-corrected chi connectivity index (χ3v) is 4.97. The summed E-state index contributed by atoms with van der Waals surface area (Å²) in [4.78, 5) is 43.0. The van der Waals surface area contributed by atoms with Crippen molar-refractivity contribution in [3.8, 4) is 0 Å². The zero-order chi connectivity index (χ0) is 20.4. The Labute approximate surface area is 165 Å². The van der Waals surface area contributed by atoms with Crippen LogP contribution in [0.25, 0.3) is 10.9 Å². The number of anilines is 1. The maximum atomic E-state index is 11.9. The average Bonchev–Trinajstić information content (AvgIpc) is 3.11. The minimum atomic E-state index is -0.524. The van der Waals surface area contributed by atoms with E-state index in [9.17, 15) is 19.7 Å². The van der Waals surface area contributed by atoms with Crippen molar-refractivity contribution in [2.24, 2.45) is 0 Å². The lowest BCUT2D eigenvalue weighted by molar-refractivity contribution is -0.383. The predicted molar refractivity (Wildman–Crippen MR) is 107 cm³/mol. The molecule has 1 aliphatic heterocycles. The van der Waals surface area contributed by atoms with Crippen molar-refractivity contribution >= 4 is 28.2 Å². The van der Waals surface area contributed by atoms with Crippen molar-refractivity contribution in [2.75, 3.05) is 11.9 Å². The third kappa shape index (κ3) is 3.93. The monoisotopic (exact) mass is 393 g/mol. The first kappa shape index (κ1) is 18.6. The number of fused-ring (bicyclic) bond motifs is 1. The molecule has 1 amide bonds. The summed E-state index contributed by atoms with van der Waals surface area (Å²) in [5, 5.41) is 14.7. The summed E-state index contributed by atoms with van der Waals surface area (Å²) >= 11 is 0. The molecule has 148 valence electrons. The number of nitro groups is 1. The molecule has 9 nitrogen and oxygen atoms in total. The molecule has 9 heteroatoms. The van der Waals surface area contributed by atoms with Gasteiger partial charge in [-0.3, -0.25) is 19.7 Å². The Balaban J connectivity index is 1.55. The number of nitrogens with one attached hydrogen (secondary N) is 2. The van der Waals surface area contributed by atoms with Gasteiger partial charge in [0.1, 0.15) is 5.69 Å². The fourth-order valence-corrected chi connectivity index (χ4v) is 3.52. The third-order valence-electron chi connectivity index (χ3n) is 4.97. The molecule has 1 fully saturated rings. The number of hydrogen-bond acceptors (Lipinski definition) is 6. The molecule has 0 unspecified atom stereocenters. The molecule has 4 rings (SSSR count). The van der Waals surface area contributed by atoms with Crippen molar-refractivity contribution in [1.29, 1.82) is 0 Å². The van der Waals surface area contributed by atoms with E-state index in [-0.39, 0.29) is 17.0 Å². The van der Waals surface area contributed by atoms with Gasteiger partial charge in [0.05, 0.1) is 22.2 Å². The minimum Gasteiger partial charge on any atom is -0.375 e. The van der Waals surface area contributed by atoms with Crippen LogP contribution in [0.2, 0.25) is 0 Å². The van der Waals surface area contributed by atoms with Gasteiger partial charge < -0.3 is 15.2 Å². The van der Waals surface area contributed by atoms with E-state index < -0.39 is 10.5 Å². The number of nitro benzene ring substituents is 1. The highest BCUT2D eigenvalue weighted by atomic mass is 16.6. The Morgan fingerprint density at radius 2 is 2.03 bits per heavy atom. The summed E-state index contributed by atoms with van der Waals surface area (Å²) in [6.07, 6.45) is 2.76. The standard InChI is InChI=1S/C20H19N5O4/c26-19-5-2-6-24(19)11-14-4-1-3-13(7-14)10-21-17-9-16-15(8-18(17)25(28)29)20(27)23-12-22-16/h1,3-4,7-9,12,21H,2,5-6,10-11H2,(H,22,23,27). The van der Waals surface area contributed by atoms with E-state index in [4.69, 9.17) is 0 Å². The van der Waals surface area contributed by atoms with Gasteiger partial charge in [-0.05, 0) is 23.6 Å². The molecule has 1 aliphatic rings. The largest absolute Gasteiger partial charge is 0.375 e. The van der Waals surface area contributed by atoms with Crippen molar-refractivity contribution < 1.29 is 9.72 Å². The van der Waals surface area contributed by atoms with Gasteiger partial charge in [-0.15, -0.1) is 0 Å². The van der Waals surface area contributed by atoms with Crippen LogP contribution in [0, 0.1) is 10.1 Å². The highest BCUT2D eigenvalue weighted by Gasteiger charge is 2.20. The highest BCUT2D eigenvalue weighted by molar-refractivity contribution is 5.86. The lowest BCUT2D eigenvalue weighted by Crippen LogP contribution is -2.23. The lowest BCUT2D eigenvalue weighted by Gasteiger charge is -2.16. The number of carbonyl (C=O) groups excluding carboxylic acids is 1. The first-order valence-electron chi connectivity index (χ1n) is 9.26. The van der Waals surface area contributed by atoms with E-state index in [0.717, 1.165) is 24.1 Å². The summed E-state index contributed by atoms with van der Waals surface area (Å²) in [6.45, 7) is 1.70. The second kappa shape index (κ2) is 7.70. The molecule has 29 heavy (non-hydrogen) atoms. The quantitative estimate of drug-likeness (QED) is 0.490. The van der Waals surface area contributed by atoms with Crippen molar-refractivity contribution in [3.05, 3.63) is 74.3 Å². The minimum absolute atomic E-state index is 0.169. The number of hydrogen-bond donors (Lipinski definition) is 2. The summed E-state index contributed by atoms with van der Waals surface area (Å²) < 4.78 is 0. The van der Waals surface area contributed by atoms with E-state index in [1.807, 2.05) is 29.2 Å². The first-order chi connectivity index (χ1) is 14.0. The summed E-state index contributed by atoms with van der Waals surface area (Å²) in [5.41, 5.74) is 2.01. The fourth-order valence-electron chi connectivity index (χ4n) is 3.52. The van der Waals surface area contributed by atoms with Crippen LogP contribution >= 0.6 is 0 Å². The van der Waals surface area contributed by atoms with Crippen LogP contribution in [0.1, 0.15) is 24.0 Å². The topological polar surface area (TPSA) is 121 Å². The van der Waals surface area contributed by atoms with Crippen LogP contribution in [-0.2, 0) is 17.9 Å². The molecule has 0 bridgehead atoms. The summed E-state index contributed by atoms with van der Waals surface area (Å²) in [5.74, 6) is 0.169. The second-order valence-electron chi connectivity index (χ2n) is 6.97. The number of H-pyrrole nitrogens is 1. The molecular formula is C20H19N5O4. The van der Waals surface area contributed by atoms with Gasteiger partial charge in [0.15, 0.2) is 0 Å². The Morgan fingerprint density at radius 1 is 1.21 bits per heavy atom. The van der Waals surface area contributed by atoms with Gasteiger partial charge >= 0.3 is 0 Å². The van der Waals surface area contributed by atoms with Crippen LogP contribution in [0.15, 0.2) is 47.5 Å². The number of aromatic amines is 1. The number of rotatable bonds is 6. The van der Waals surface area contributed by atoms with Crippen LogP contribution < -0.4 is 10.9 Å². The van der Waals surface area contributed by atoms with E-state index in [1.54, 1.807) is 0 Å². The van der Waals surface area contributed by atoms with Crippen molar-refractivity contribution in [2.45, 2.75) is 25.9 Å².